The number of nitrogens with zero attached hydrogens (tertiary/aromatic N) is 1. The molecule has 0 radical (unpaired) electrons. The Morgan fingerprint density at radius 1 is 1.23 bits per heavy atom. The van der Waals surface area contributed by atoms with Crippen LogP contribution in [0.2, 0.25) is 0 Å². The molecule has 0 spiro atoms. The minimum atomic E-state index is -3.83. The summed E-state index contributed by atoms with van der Waals surface area (Å²) >= 11 is 1.27. The van der Waals surface area contributed by atoms with E-state index in [0.29, 0.717) is 12.2 Å². The van der Waals surface area contributed by atoms with E-state index < -0.39 is 16.1 Å². The number of hydrogen-bond acceptors (Lipinski definition) is 4. The van der Waals surface area contributed by atoms with Crippen LogP contribution in [0.3, 0.4) is 0 Å². The lowest BCUT2D eigenvalue weighted by molar-refractivity contribution is 0.251. The van der Waals surface area contributed by atoms with Crippen LogP contribution in [-0.2, 0) is 10.0 Å². The highest BCUT2D eigenvalue weighted by Gasteiger charge is 2.23. The van der Waals surface area contributed by atoms with E-state index in [-0.39, 0.29) is 4.90 Å². The van der Waals surface area contributed by atoms with Gasteiger partial charge in [0.05, 0.1) is 4.90 Å². The minimum absolute atomic E-state index is 0.106. The lowest BCUT2D eigenvalue weighted by Crippen LogP contribution is -2.43. The average Bonchev–Trinajstić information content (AvgIpc) is 3.03. The van der Waals surface area contributed by atoms with Gasteiger partial charge in [0.15, 0.2) is 0 Å². The van der Waals surface area contributed by atoms with E-state index in [0.717, 1.165) is 12.8 Å². The van der Waals surface area contributed by atoms with Crippen molar-refractivity contribution >= 4 is 33.1 Å². The summed E-state index contributed by atoms with van der Waals surface area (Å²) in [6.45, 7) is 2.48. The standard InChI is InChI=1S/C15H18N2O3S2/c1-2-3-10-17(13-7-5-4-6-8-13)15(18)16-22(19,20)14-9-11-21-12-14/h4-9,11-12H,2-3,10H2,1H3,(H,16,18). The summed E-state index contributed by atoms with van der Waals surface area (Å²) in [6.07, 6.45) is 1.70. The number of carbonyl (C=O) groups excluding carboxylic acids is 1. The first-order valence-corrected chi connectivity index (χ1v) is 9.38. The summed E-state index contributed by atoms with van der Waals surface area (Å²) < 4.78 is 26.5. The van der Waals surface area contributed by atoms with Crippen molar-refractivity contribution in [3.05, 3.63) is 47.2 Å². The van der Waals surface area contributed by atoms with Crippen molar-refractivity contribution in [3.8, 4) is 0 Å². The van der Waals surface area contributed by atoms with Gasteiger partial charge in [-0.2, -0.15) is 11.3 Å². The molecule has 0 aliphatic carbocycles. The number of amides is 2. The van der Waals surface area contributed by atoms with E-state index in [1.165, 1.54) is 27.7 Å². The second-order valence-electron chi connectivity index (χ2n) is 4.71. The molecular weight excluding hydrogens is 320 g/mol. The molecule has 0 saturated heterocycles. The number of thiophene rings is 1. The van der Waals surface area contributed by atoms with Gasteiger partial charge in [-0.05, 0) is 30.0 Å². The highest BCUT2D eigenvalue weighted by Crippen LogP contribution is 2.17. The molecule has 0 unspecified atom stereocenters. The molecular formula is C15H18N2O3S2. The predicted octanol–water partition coefficient (Wildman–Crippen LogP) is 3.45. The maximum Gasteiger partial charge on any atom is 0.335 e. The number of sulfonamides is 1. The molecule has 2 amide bonds. The van der Waals surface area contributed by atoms with Crippen molar-refractivity contribution in [1.82, 2.24) is 4.72 Å². The number of carbonyl (C=O) groups is 1. The Bertz CT molecular complexity index is 698. The largest absolute Gasteiger partial charge is 0.335 e. The van der Waals surface area contributed by atoms with Crippen LogP contribution >= 0.6 is 11.3 Å². The highest BCUT2D eigenvalue weighted by molar-refractivity contribution is 7.90. The number of urea groups is 1. The Balaban J connectivity index is 2.19. The number of para-hydroxylation sites is 1. The average molecular weight is 338 g/mol. The molecule has 1 aromatic carbocycles. The van der Waals surface area contributed by atoms with E-state index in [9.17, 15) is 13.2 Å². The fourth-order valence-corrected chi connectivity index (χ4v) is 3.89. The number of unbranched alkanes of at least 4 members (excludes halogenated alkanes) is 1. The van der Waals surface area contributed by atoms with Gasteiger partial charge in [0, 0.05) is 17.6 Å². The molecule has 1 heterocycles. The summed E-state index contributed by atoms with van der Waals surface area (Å²) in [7, 11) is -3.83. The third kappa shape index (κ3) is 4.08. The van der Waals surface area contributed by atoms with Crippen LogP contribution < -0.4 is 9.62 Å². The Morgan fingerprint density at radius 3 is 2.55 bits per heavy atom. The molecule has 1 aromatic heterocycles. The zero-order valence-corrected chi connectivity index (χ0v) is 13.9. The molecule has 0 atom stereocenters. The van der Waals surface area contributed by atoms with Gasteiger partial charge in [-0.25, -0.2) is 17.9 Å². The van der Waals surface area contributed by atoms with Gasteiger partial charge >= 0.3 is 6.03 Å². The van der Waals surface area contributed by atoms with Crippen molar-refractivity contribution in [2.75, 3.05) is 11.4 Å². The van der Waals surface area contributed by atoms with Gasteiger partial charge in [0.25, 0.3) is 10.0 Å². The molecule has 0 fully saturated rings. The first-order chi connectivity index (χ1) is 10.5. The first kappa shape index (κ1) is 16.5. The van der Waals surface area contributed by atoms with Gasteiger partial charge in [-0.15, -0.1) is 0 Å². The number of hydrogen-bond donors (Lipinski definition) is 1. The summed E-state index contributed by atoms with van der Waals surface area (Å²) in [4.78, 5) is 14.0. The highest BCUT2D eigenvalue weighted by atomic mass is 32.2. The monoisotopic (exact) mass is 338 g/mol. The summed E-state index contributed by atoms with van der Waals surface area (Å²) in [5, 5.41) is 3.15. The zero-order chi connectivity index (χ0) is 16.0. The molecule has 7 heteroatoms. The molecule has 0 bridgehead atoms. The molecule has 1 N–H and O–H groups in total. The van der Waals surface area contributed by atoms with Gasteiger partial charge in [-0.3, -0.25) is 4.90 Å². The molecule has 5 nitrogen and oxygen atoms in total. The van der Waals surface area contributed by atoms with Gasteiger partial charge in [0.2, 0.25) is 0 Å². The molecule has 2 rings (SSSR count). The normalized spacial score (nSPS) is 11.1. The maximum atomic E-state index is 12.4. The van der Waals surface area contributed by atoms with Gasteiger partial charge in [-0.1, -0.05) is 31.5 Å². The number of nitrogens with one attached hydrogen (secondary N) is 1. The third-order valence-electron chi connectivity index (χ3n) is 3.08. The Morgan fingerprint density at radius 2 is 1.95 bits per heavy atom. The van der Waals surface area contributed by atoms with E-state index in [1.807, 2.05) is 25.1 Å². The first-order valence-electron chi connectivity index (χ1n) is 6.96. The number of benzene rings is 1. The summed E-state index contributed by atoms with van der Waals surface area (Å²) in [6, 6.07) is 9.88. The molecule has 118 valence electrons. The fourth-order valence-electron chi connectivity index (χ4n) is 1.91. The van der Waals surface area contributed by atoms with Crippen molar-refractivity contribution < 1.29 is 13.2 Å². The van der Waals surface area contributed by atoms with Crippen molar-refractivity contribution in [2.24, 2.45) is 0 Å². The molecule has 0 aliphatic heterocycles. The molecule has 0 saturated carbocycles. The lowest BCUT2D eigenvalue weighted by Gasteiger charge is -2.22. The molecule has 0 aliphatic rings. The topological polar surface area (TPSA) is 66.5 Å². The Labute approximate surface area is 134 Å². The van der Waals surface area contributed by atoms with Crippen molar-refractivity contribution in [1.29, 1.82) is 0 Å². The van der Waals surface area contributed by atoms with Crippen LogP contribution in [0.25, 0.3) is 0 Å². The second kappa shape index (κ2) is 7.42. The maximum absolute atomic E-state index is 12.4. The summed E-state index contributed by atoms with van der Waals surface area (Å²) in [5.74, 6) is 0. The smallest absolute Gasteiger partial charge is 0.294 e. The number of rotatable bonds is 6. The minimum Gasteiger partial charge on any atom is -0.294 e. The quantitative estimate of drug-likeness (QED) is 0.877. The molecule has 2 aromatic rings. The lowest BCUT2D eigenvalue weighted by atomic mass is 10.2. The zero-order valence-electron chi connectivity index (χ0n) is 12.2. The molecule has 22 heavy (non-hydrogen) atoms. The SMILES string of the molecule is CCCCN(C(=O)NS(=O)(=O)c1ccsc1)c1ccccc1. The van der Waals surface area contributed by atoms with Crippen LogP contribution in [0.4, 0.5) is 10.5 Å². The van der Waals surface area contributed by atoms with Gasteiger partial charge in [0.1, 0.15) is 0 Å². The van der Waals surface area contributed by atoms with E-state index in [4.69, 9.17) is 0 Å². The summed E-state index contributed by atoms with van der Waals surface area (Å²) in [5.41, 5.74) is 0.675. The van der Waals surface area contributed by atoms with E-state index in [2.05, 4.69) is 4.72 Å². The van der Waals surface area contributed by atoms with Crippen LogP contribution in [-0.4, -0.2) is 21.0 Å². The fraction of sp³-hybridized carbons (Fsp3) is 0.267. The van der Waals surface area contributed by atoms with Crippen LogP contribution in [0.5, 0.6) is 0 Å². The second-order valence-corrected chi connectivity index (χ2v) is 7.17. The van der Waals surface area contributed by atoms with Crippen LogP contribution in [0.15, 0.2) is 52.1 Å². The predicted molar refractivity (Wildman–Crippen MR) is 88.7 cm³/mol. The van der Waals surface area contributed by atoms with E-state index >= 15 is 0 Å². The van der Waals surface area contributed by atoms with E-state index in [1.54, 1.807) is 17.5 Å². The van der Waals surface area contributed by atoms with Crippen LogP contribution in [0.1, 0.15) is 19.8 Å². The van der Waals surface area contributed by atoms with Crippen LogP contribution in [0, 0.1) is 0 Å². The Kier molecular flexibility index (Phi) is 5.57. The van der Waals surface area contributed by atoms with Gasteiger partial charge < -0.3 is 0 Å². The Hall–Kier alpha value is -1.86. The van der Waals surface area contributed by atoms with Crippen molar-refractivity contribution in [2.45, 2.75) is 24.7 Å². The third-order valence-corrected chi connectivity index (χ3v) is 5.23. The van der Waals surface area contributed by atoms with Crippen molar-refractivity contribution in [3.63, 3.8) is 0 Å². The number of anilines is 1.